The van der Waals surface area contributed by atoms with E-state index in [-0.39, 0.29) is 0 Å². The molecule has 0 unspecified atom stereocenters. The second-order valence-corrected chi connectivity index (χ2v) is 5.91. The van der Waals surface area contributed by atoms with E-state index in [1.165, 1.54) is 25.7 Å². The third-order valence-electron chi connectivity index (χ3n) is 4.80. The predicted octanol–water partition coefficient (Wildman–Crippen LogP) is 2.89. The first-order chi connectivity index (χ1) is 8.10. The fourth-order valence-electron chi connectivity index (χ4n) is 3.38. The molecule has 0 aliphatic heterocycles. The first-order valence-electron chi connectivity index (χ1n) is 7.06. The van der Waals surface area contributed by atoms with Gasteiger partial charge in [0.15, 0.2) is 0 Å². The zero-order valence-electron chi connectivity index (χ0n) is 11.1. The van der Waals surface area contributed by atoms with E-state index in [0.29, 0.717) is 6.04 Å². The minimum absolute atomic E-state index is 0.536. The lowest BCUT2D eigenvalue weighted by molar-refractivity contribution is -0.154. The van der Waals surface area contributed by atoms with E-state index in [1.54, 1.807) is 0 Å². The molecule has 0 spiro atoms. The van der Waals surface area contributed by atoms with Gasteiger partial charge in [0.2, 0.25) is 0 Å². The SMILES string of the molecule is CCCC1CCC(C(=O)O)(N(C)C2CC2)CC1. The highest BCUT2D eigenvalue weighted by Gasteiger charge is 2.49. The van der Waals surface area contributed by atoms with Crippen molar-refractivity contribution in [2.45, 2.75) is 69.9 Å². The van der Waals surface area contributed by atoms with E-state index in [1.807, 2.05) is 7.05 Å². The van der Waals surface area contributed by atoms with Gasteiger partial charge in [-0.1, -0.05) is 19.8 Å². The number of carboxylic acid groups (broad SMARTS) is 1. The van der Waals surface area contributed by atoms with Crippen LogP contribution in [0, 0.1) is 5.92 Å². The molecule has 0 radical (unpaired) electrons. The Morgan fingerprint density at radius 2 is 1.88 bits per heavy atom. The zero-order chi connectivity index (χ0) is 12.5. The molecule has 2 fully saturated rings. The summed E-state index contributed by atoms with van der Waals surface area (Å²) < 4.78 is 0. The largest absolute Gasteiger partial charge is 0.480 e. The summed E-state index contributed by atoms with van der Waals surface area (Å²) in [6.07, 6.45) is 8.74. The molecule has 0 amide bonds. The van der Waals surface area contributed by atoms with E-state index in [0.717, 1.165) is 31.6 Å². The minimum Gasteiger partial charge on any atom is -0.480 e. The van der Waals surface area contributed by atoms with Crippen LogP contribution >= 0.6 is 0 Å². The number of rotatable bonds is 5. The normalized spacial score (nSPS) is 33.9. The van der Waals surface area contributed by atoms with Gasteiger partial charge in [-0.25, -0.2) is 0 Å². The van der Waals surface area contributed by atoms with Crippen molar-refractivity contribution in [2.24, 2.45) is 5.92 Å². The Kier molecular flexibility index (Phi) is 3.76. The Labute approximate surface area is 104 Å². The highest BCUT2D eigenvalue weighted by Crippen LogP contribution is 2.42. The molecule has 17 heavy (non-hydrogen) atoms. The molecule has 2 rings (SSSR count). The fourth-order valence-corrected chi connectivity index (χ4v) is 3.38. The van der Waals surface area contributed by atoms with Gasteiger partial charge in [0.1, 0.15) is 5.54 Å². The maximum absolute atomic E-state index is 11.7. The molecule has 0 aromatic heterocycles. The molecule has 2 aliphatic rings. The standard InChI is InChI=1S/C14H25NO2/c1-3-4-11-7-9-14(10-8-11,13(16)17)15(2)12-5-6-12/h11-12H,3-10H2,1-2H3,(H,16,17). The van der Waals surface area contributed by atoms with Gasteiger partial charge in [0, 0.05) is 6.04 Å². The van der Waals surface area contributed by atoms with Gasteiger partial charge in [0.05, 0.1) is 0 Å². The van der Waals surface area contributed by atoms with Crippen LogP contribution in [0.4, 0.5) is 0 Å². The van der Waals surface area contributed by atoms with Crippen molar-refractivity contribution >= 4 is 5.97 Å². The van der Waals surface area contributed by atoms with Crippen LogP contribution in [0.5, 0.6) is 0 Å². The average molecular weight is 239 g/mol. The monoisotopic (exact) mass is 239 g/mol. The number of nitrogens with zero attached hydrogens (tertiary/aromatic N) is 1. The van der Waals surface area contributed by atoms with Crippen molar-refractivity contribution in [3.8, 4) is 0 Å². The Morgan fingerprint density at radius 1 is 1.29 bits per heavy atom. The molecule has 0 aromatic rings. The van der Waals surface area contributed by atoms with Crippen LogP contribution < -0.4 is 0 Å². The van der Waals surface area contributed by atoms with Crippen LogP contribution in [0.1, 0.15) is 58.3 Å². The van der Waals surface area contributed by atoms with Crippen molar-refractivity contribution in [3.63, 3.8) is 0 Å². The zero-order valence-corrected chi connectivity index (χ0v) is 11.1. The Morgan fingerprint density at radius 3 is 2.29 bits per heavy atom. The summed E-state index contributed by atoms with van der Waals surface area (Å²) in [6.45, 7) is 2.22. The van der Waals surface area contributed by atoms with Crippen molar-refractivity contribution in [1.82, 2.24) is 4.90 Å². The van der Waals surface area contributed by atoms with Crippen molar-refractivity contribution < 1.29 is 9.90 Å². The highest BCUT2D eigenvalue weighted by molar-refractivity contribution is 5.79. The number of likely N-dealkylation sites (N-methyl/N-ethyl adjacent to an activating group) is 1. The number of carbonyl (C=O) groups is 1. The maximum Gasteiger partial charge on any atom is 0.324 e. The fraction of sp³-hybridized carbons (Fsp3) is 0.929. The number of carboxylic acids is 1. The third kappa shape index (κ3) is 2.49. The molecule has 2 saturated carbocycles. The summed E-state index contributed by atoms with van der Waals surface area (Å²) in [5.74, 6) is 0.168. The second-order valence-electron chi connectivity index (χ2n) is 5.91. The lowest BCUT2D eigenvalue weighted by atomic mass is 9.74. The third-order valence-corrected chi connectivity index (χ3v) is 4.80. The van der Waals surface area contributed by atoms with Gasteiger partial charge in [-0.3, -0.25) is 9.69 Å². The molecule has 0 aromatic carbocycles. The summed E-state index contributed by atoms with van der Waals surface area (Å²) in [5.41, 5.74) is -0.550. The van der Waals surface area contributed by atoms with E-state index in [9.17, 15) is 9.90 Å². The van der Waals surface area contributed by atoms with Crippen LogP contribution in [0.15, 0.2) is 0 Å². The van der Waals surface area contributed by atoms with E-state index in [4.69, 9.17) is 0 Å². The molecule has 3 nitrogen and oxygen atoms in total. The van der Waals surface area contributed by atoms with Gasteiger partial charge in [0.25, 0.3) is 0 Å². The van der Waals surface area contributed by atoms with Crippen LogP contribution in [-0.2, 0) is 4.79 Å². The smallest absolute Gasteiger partial charge is 0.324 e. The predicted molar refractivity (Wildman–Crippen MR) is 68.0 cm³/mol. The molecule has 3 heteroatoms. The molecular weight excluding hydrogens is 214 g/mol. The molecular formula is C14H25NO2. The van der Waals surface area contributed by atoms with Gasteiger partial charge < -0.3 is 5.11 Å². The minimum atomic E-state index is -0.596. The van der Waals surface area contributed by atoms with E-state index < -0.39 is 11.5 Å². The Bertz CT molecular complexity index is 278. The van der Waals surface area contributed by atoms with E-state index in [2.05, 4.69) is 11.8 Å². The topological polar surface area (TPSA) is 40.5 Å². The van der Waals surface area contributed by atoms with Gasteiger partial charge in [-0.05, 0) is 51.5 Å². The van der Waals surface area contributed by atoms with Gasteiger partial charge in [-0.15, -0.1) is 0 Å². The molecule has 0 saturated heterocycles. The highest BCUT2D eigenvalue weighted by atomic mass is 16.4. The Balaban J connectivity index is 2.02. The summed E-state index contributed by atoms with van der Waals surface area (Å²) in [4.78, 5) is 13.8. The lowest BCUT2D eigenvalue weighted by Crippen LogP contribution is -2.55. The lowest BCUT2D eigenvalue weighted by Gasteiger charge is -2.43. The number of hydrogen-bond acceptors (Lipinski definition) is 2. The molecule has 98 valence electrons. The van der Waals surface area contributed by atoms with Gasteiger partial charge >= 0.3 is 5.97 Å². The number of aliphatic carboxylic acids is 1. The number of hydrogen-bond donors (Lipinski definition) is 1. The van der Waals surface area contributed by atoms with Crippen molar-refractivity contribution in [3.05, 3.63) is 0 Å². The average Bonchev–Trinajstić information content (AvgIpc) is 3.13. The quantitative estimate of drug-likeness (QED) is 0.802. The van der Waals surface area contributed by atoms with Crippen LogP contribution in [0.25, 0.3) is 0 Å². The molecule has 1 N–H and O–H groups in total. The first-order valence-corrected chi connectivity index (χ1v) is 7.06. The summed E-state index contributed by atoms with van der Waals surface area (Å²) in [6, 6.07) is 0.536. The maximum atomic E-state index is 11.7. The summed E-state index contributed by atoms with van der Waals surface area (Å²) in [5, 5.41) is 9.61. The Hall–Kier alpha value is -0.570. The van der Waals surface area contributed by atoms with Crippen LogP contribution in [-0.4, -0.2) is 34.6 Å². The summed E-state index contributed by atoms with van der Waals surface area (Å²) >= 11 is 0. The van der Waals surface area contributed by atoms with Crippen molar-refractivity contribution in [2.75, 3.05) is 7.05 Å². The molecule has 0 bridgehead atoms. The molecule has 0 atom stereocenters. The molecule has 2 aliphatic carbocycles. The van der Waals surface area contributed by atoms with E-state index >= 15 is 0 Å². The van der Waals surface area contributed by atoms with Crippen molar-refractivity contribution in [1.29, 1.82) is 0 Å². The first kappa shape index (κ1) is 12.9. The van der Waals surface area contributed by atoms with Gasteiger partial charge in [-0.2, -0.15) is 0 Å². The molecule has 0 heterocycles. The van der Waals surface area contributed by atoms with Crippen LogP contribution in [0.2, 0.25) is 0 Å². The summed E-state index contributed by atoms with van der Waals surface area (Å²) in [7, 11) is 2.02. The second kappa shape index (κ2) is 4.97. The van der Waals surface area contributed by atoms with Crippen LogP contribution in [0.3, 0.4) is 0 Å².